The van der Waals surface area contributed by atoms with E-state index in [1.54, 1.807) is 6.92 Å². The number of unbranched alkanes of at least 4 members (excludes halogenated alkanes) is 8. The highest BCUT2D eigenvalue weighted by Gasteiger charge is 2.40. The van der Waals surface area contributed by atoms with E-state index in [-0.39, 0.29) is 32.3 Å². The lowest BCUT2D eigenvalue weighted by atomic mass is 10.1. The van der Waals surface area contributed by atoms with Gasteiger partial charge in [-0.1, -0.05) is 72.1 Å². The van der Waals surface area contributed by atoms with E-state index in [9.17, 15) is 28.4 Å². The second-order valence-corrected chi connectivity index (χ2v) is 10.7. The maximum absolute atomic E-state index is 14.6. The fraction of sp³-hybridized carbons (Fsp3) is 0.767. The number of aromatic nitrogens is 2. The normalized spacial score (nSPS) is 18.1. The van der Waals surface area contributed by atoms with E-state index < -0.39 is 60.1 Å². The first-order valence-corrected chi connectivity index (χ1v) is 15.4. The average molecular weight is 599 g/mol. The summed E-state index contributed by atoms with van der Waals surface area (Å²) in [6, 6.07) is 0. The molecule has 0 bridgehead atoms. The standard InChI is InChI=1S/C30H47FN2O9/c1-4-7-9-11-13-16-27(35)39-20-24-23(42-28(36)17-14-12-10-8-5-2)18-25(41-24)32-19-22(31)29(37)33(30(32)38)21-40-26(34)15-6-3/h19,23-25H,4-18,20-21H2,1-3H3/t23?,24-,25-/m0/s1. The lowest BCUT2D eigenvalue weighted by Gasteiger charge is -2.19. The molecule has 11 nitrogen and oxygen atoms in total. The highest BCUT2D eigenvalue weighted by molar-refractivity contribution is 5.70. The molecule has 3 atom stereocenters. The summed E-state index contributed by atoms with van der Waals surface area (Å²) in [5, 5.41) is 0. The summed E-state index contributed by atoms with van der Waals surface area (Å²) in [4.78, 5) is 62.1. The Morgan fingerprint density at radius 3 is 2.05 bits per heavy atom. The Morgan fingerprint density at radius 1 is 0.833 bits per heavy atom. The maximum Gasteiger partial charge on any atom is 0.336 e. The van der Waals surface area contributed by atoms with Crippen LogP contribution in [0.4, 0.5) is 4.39 Å². The predicted molar refractivity (Wildman–Crippen MR) is 152 cm³/mol. The van der Waals surface area contributed by atoms with Gasteiger partial charge in [-0.05, 0) is 19.3 Å². The summed E-state index contributed by atoms with van der Waals surface area (Å²) in [7, 11) is 0. The lowest BCUT2D eigenvalue weighted by molar-refractivity contribution is -0.158. The van der Waals surface area contributed by atoms with Crippen molar-refractivity contribution in [3.63, 3.8) is 0 Å². The lowest BCUT2D eigenvalue weighted by Crippen LogP contribution is -2.43. The van der Waals surface area contributed by atoms with Gasteiger partial charge in [0.25, 0.3) is 5.56 Å². The van der Waals surface area contributed by atoms with E-state index in [2.05, 4.69) is 13.8 Å². The van der Waals surface area contributed by atoms with Gasteiger partial charge < -0.3 is 18.9 Å². The van der Waals surface area contributed by atoms with Crippen molar-refractivity contribution in [1.82, 2.24) is 9.13 Å². The number of halogens is 1. The van der Waals surface area contributed by atoms with E-state index >= 15 is 0 Å². The Bertz CT molecular complexity index is 1120. The Balaban J connectivity index is 2.14. The Labute approximate surface area is 246 Å². The van der Waals surface area contributed by atoms with Crippen LogP contribution in [0.25, 0.3) is 0 Å². The van der Waals surface area contributed by atoms with Crippen LogP contribution in [0.2, 0.25) is 0 Å². The molecule has 0 N–H and O–H groups in total. The van der Waals surface area contributed by atoms with Crippen molar-refractivity contribution in [2.75, 3.05) is 6.61 Å². The molecular weight excluding hydrogens is 551 g/mol. The average Bonchev–Trinajstić information content (AvgIpc) is 3.35. The number of nitrogens with zero attached hydrogens (tertiary/aromatic N) is 2. The van der Waals surface area contributed by atoms with Gasteiger partial charge in [0.1, 0.15) is 25.0 Å². The van der Waals surface area contributed by atoms with E-state index in [1.807, 2.05) is 0 Å². The minimum atomic E-state index is -1.25. The molecule has 0 aliphatic carbocycles. The number of rotatable bonds is 20. The predicted octanol–water partition coefficient (Wildman–Crippen LogP) is 4.91. The van der Waals surface area contributed by atoms with E-state index in [0.29, 0.717) is 23.8 Å². The molecule has 1 saturated heterocycles. The zero-order valence-corrected chi connectivity index (χ0v) is 25.3. The SMILES string of the molecule is CCCCCCCC(=O)OC[C@@H]1O[C@H](n2cc(F)c(=O)n(COC(=O)CCC)c2=O)CC1OC(=O)CCCCCCC. The monoisotopic (exact) mass is 598 g/mol. The van der Waals surface area contributed by atoms with Gasteiger partial charge in [-0.3, -0.25) is 23.7 Å². The Morgan fingerprint density at radius 2 is 1.43 bits per heavy atom. The summed E-state index contributed by atoms with van der Waals surface area (Å²) in [5.41, 5.74) is -2.20. The van der Waals surface area contributed by atoms with Crippen molar-refractivity contribution in [2.45, 2.75) is 142 Å². The fourth-order valence-electron chi connectivity index (χ4n) is 4.69. The van der Waals surface area contributed by atoms with Gasteiger partial charge in [0.15, 0.2) is 6.73 Å². The number of ether oxygens (including phenoxy) is 4. The molecule has 0 saturated carbocycles. The Kier molecular flexibility index (Phi) is 16.1. The minimum absolute atomic E-state index is 0.0337. The van der Waals surface area contributed by atoms with Gasteiger partial charge in [-0.15, -0.1) is 0 Å². The van der Waals surface area contributed by atoms with Crippen molar-refractivity contribution < 1.29 is 37.7 Å². The quantitative estimate of drug-likeness (QED) is 0.117. The van der Waals surface area contributed by atoms with E-state index in [1.165, 1.54) is 0 Å². The maximum atomic E-state index is 14.6. The van der Waals surface area contributed by atoms with Crippen LogP contribution < -0.4 is 11.2 Å². The zero-order chi connectivity index (χ0) is 30.9. The molecule has 1 aliphatic rings. The Hall–Kier alpha value is -3.02. The smallest absolute Gasteiger partial charge is 0.336 e. The topological polar surface area (TPSA) is 132 Å². The van der Waals surface area contributed by atoms with Gasteiger partial charge in [0.05, 0.1) is 6.20 Å². The van der Waals surface area contributed by atoms with Crippen molar-refractivity contribution in [1.29, 1.82) is 0 Å². The van der Waals surface area contributed by atoms with Crippen molar-refractivity contribution in [3.8, 4) is 0 Å². The second kappa shape index (κ2) is 19.2. The molecule has 2 rings (SSSR count). The first-order valence-electron chi connectivity index (χ1n) is 15.4. The van der Waals surface area contributed by atoms with Gasteiger partial charge in [-0.2, -0.15) is 4.39 Å². The summed E-state index contributed by atoms with van der Waals surface area (Å²) >= 11 is 0. The zero-order valence-electron chi connectivity index (χ0n) is 25.3. The van der Waals surface area contributed by atoms with Crippen LogP contribution in [0.15, 0.2) is 15.8 Å². The highest BCUT2D eigenvalue weighted by Crippen LogP contribution is 2.31. The number of hydrogen-bond acceptors (Lipinski definition) is 9. The van der Waals surface area contributed by atoms with Crippen LogP contribution >= 0.6 is 0 Å². The van der Waals surface area contributed by atoms with Crippen LogP contribution in [0, 0.1) is 5.82 Å². The molecule has 1 aliphatic heterocycles. The number of esters is 3. The van der Waals surface area contributed by atoms with E-state index in [0.717, 1.165) is 62.1 Å². The molecule has 12 heteroatoms. The highest BCUT2D eigenvalue weighted by atomic mass is 19.1. The molecule has 2 heterocycles. The van der Waals surface area contributed by atoms with Gasteiger partial charge >= 0.3 is 23.6 Å². The molecule has 1 aromatic rings. The third-order valence-corrected chi connectivity index (χ3v) is 7.11. The molecule has 0 amide bonds. The summed E-state index contributed by atoms with van der Waals surface area (Å²) < 4.78 is 37.9. The van der Waals surface area contributed by atoms with Crippen molar-refractivity contribution >= 4 is 17.9 Å². The van der Waals surface area contributed by atoms with Crippen LogP contribution in [0.5, 0.6) is 0 Å². The molecule has 1 fully saturated rings. The van der Waals surface area contributed by atoms with Crippen LogP contribution in [-0.2, 0) is 40.1 Å². The number of hydrogen-bond donors (Lipinski definition) is 0. The third kappa shape index (κ3) is 11.7. The molecule has 42 heavy (non-hydrogen) atoms. The largest absolute Gasteiger partial charge is 0.463 e. The summed E-state index contributed by atoms with van der Waals surface area (Å²) in [6.07, 6.45) is 8.43. The summed E-state index contributed by atoms with van der Waals surface area (Å²) in [6.45, 7) is 5.00. The van der Waals surface area contributed by atoms with E-state index in [4.69, 9.17) is 18.9 Å². The van der Waals surface area contributed by atoms with Crippen molar-refractivity contribution in [2.24, 2.45) is 0 Å². The van der Waals surface area contributed by atoms with Gasteiger partial charge in [0.2, 0.25) is 5.82 Å². The van der Waals surface area contributed by atoms with Crippen LogP contribution in [-0.4, -0.2) is 45.9 Å². The second-order valence-electron chi connectivity index (χ2n) is 10.7. The van der Waals surface area contributed by atoms with Crippen molar-refractivity contribution in [3.05, 3.63) is 32.9 Å². The molecule has 238 valence electrons. The van der Waals surface area contributed by atoms with Crippen LogP contribution in [0.1, 0.15) is 123 Å². The van der Waals surface area contributed by atoms with Crippen LogP contribution in [0.3, 0.4) is 0 Å². The minimum Gasteiger partial charge on any atom is -0.463 e. The van der Waals surface area contributed by atoms with Gasteiger partial charge in [0, 0.05) is 25.7 Å². The molecule has 1 unspecified atom stereocenters. The first kappa shape index (κ1) is 35.2. The number of carbonyl (C=O) groups is 3. The van der Waals surface area contributed by atoms with Gasteiger partial charge in [-0.25, -0.2) is 9.36 Å². The summed E-state index contributed by atoms with van der Waals surface area (Å²) in [5.74, 6) is -2.74. The fourth-order valence-corrected chi connectivity index (χ4v) is 4.69. The molecule has 1 aromatic heterocycles. The first-order chi connectivity index (χ1) is 20.2. The molecular formula is C30H47FN2O9. The molecule has 0 aromatic carbocycles. The third-order valence-electron chi connectivity index (χ3n) is 7.11. The molecule has 0 radical (unpaired) electrons. The number of carbonyl (C=O) groups excluding carboxylic acids is 3. The molecule has 0 spiro atoms.